The molecular weight excluding hydrogens is 326 g/mol. The second-order valence-corrected chi connectivity index (χ2v) is 6.12. The fraction of sp³-hybridized carbons (Fsp3) is 0.294. The molecule has 1 heterocycles. The molecule has 0 saturated heterocycles. The van der Waals surface area contributed by atoms with E-state index in [4.69, 9.17) is 4.74 Å². The Hall–Kier alpha value is -2.38. The van der Waals surface area contributed by atoms with Crippen molar-refractivity contribution >= 4 is 34.6 Å². The molecule has 7 heteroatoms. The summed E-state index contributed by atoms with van der Waals surface area (Å²) in [7, 11) is 1.46. The Balaban J connectivity index is 1.95. The van der Waals surface area contributed by atoms with Gasteiger partial charge in [-0.05, 0) is 36.1 Å². The second kappa shape index (κ2) is 9.05. The molecule has 2 rings (SSSR count). The number of carbonyl (C=O) groups excluding carboxylic acids is 2. The Morgan fingerprint density at radius 3 is 2.54 bits per heavy atom. The molecule has 0 bridgehead atoms. The molecule has 3 amide bonds. The molecule has 0 aliphatic rings. The third-order valence-corrected chi connectivity index (χ3v) is 4.27. The lowest BCUT2D eigenvalue weighted by Crippen LogP contribution is -2.31. The van der Waals surface area contributed by atoms with Crippen molar-refractivity contribution in [3.05, 3.63) is 46.7 Å². The van der Waals surface area contributed by atoms with Gasteiger partial charge in [0.25, 0.3) is 0 Å². The van der Waals surface area contributed by atoms with Crippen LogP contribution >= 0.6 is 11.3 Å². The van der Waals surface area contributed by atoms with Crippen molar-refractivity contribution in [1.29, 1.82) is 0 Å². The standard InChI is InChI=1S/C17H21N3O3S/c1-3-14(15-8-5-9-24-15)20-17(22)19-13-7-4-6-12(10-13)18-16(21)11-23-2/h4-10,14H,3,11H2,1-2H3,(H,18,21)(H2,19,20,22). The lowest BCUT2D eigenvalue weighted by atomic mass is 10.2. The highest BCUT2D eigenvalue weighted by Crippen LogP contribution is 2.22. The SMILES string of the molecule is CCC(NC(=O)Nc1cccc(NC(=O)COC)c1)c1cccs1. The Bertz CT molecular complexity index is 673. The zero-order valence-electron chi connectivity index (χ0n) is 13.7. The monoisotopic (exact) mass is 347 g/mol. The van der Waals surface area contributed by atoms with Crippen LogP contribution in [0.15, 0.2) is 41.8 Å². The average molecular weight is 347 g/mol. The van der Waals surface area contributed by atoms with Crippen molar-refractivity contribution in [2.45, 2.75) is 19.4 Å². The summed E-state index contributed by atoms with van der Waals surface area (Å²) in [4.78, 5) is 24.8. The van der Waals surface area contributed by atoms with E-state index in [9.17, 15) is 9.59 Å². The lowest BCUT2D eigenvalue weighted by Gasteiger charge is -2.16. The van der Waals surface area contributed by atoms with Crippen molar-refractivity contribution in [3.63, 3.8) is 0 Å². The van der Waals surface area contributed by atoms with Crippen molar-refractivity contribution < 1.29 is 14.3 Å². The van der Waals surface area contributed by atoms with Crippen LogP contribution < -0.4 is 16.0 Å². The first kappa shape index (κ1) is 18.0. The van der Waals surface area contributed by atoms with Crippen LogP contribution in [0.2, 0.25) is 0 Å². The largest absolute Gasteiger partial charge is 0.375 e. The van der Waals surface area contributed by atoms with Gasteiger partial charge in [0.15, 0.2) is 0 Å². The molecule has 1 atom stereocenters. The molecule has 0 radical (unpaired) electrons. The fourth-order valence-corrected chi connectivity index (χ4v) is 3.05. The van der Waals surface area contributed by atoms with Crippen LogP contribution in [0.5, 0.6) is 0 Å². The van der Waals surface area contributed by atoms with Crippen LogP contribution in [0.25, 0.3) is 0 Å². The van der Waals surface area contributed by atoms with Crippen LogP contribution in [0, 0.1) is 0 Å². The molecule has 3 N–H and O–H groups in total. The number of anilines is 2. The maximum Gasteiger partial charge on any atom is 0.319 e. The Kier molecular flexibility index (Phi) is 6.77. The summed E-state index contributed by atoms with van der Waals surface area (Å²) in [5.41, 5.74) is 1.20. The van der Waals surface area contributed by atoms with Crippen molar-refractivity contribution in [3.8, 4) is 0 Å². The number of thiophene rings is 1. The molecule has 0 fully saturated rings. The Morgan fingerprint density at radius 1 is 1.17 bits per heavy atom. The van der Waals surface area contributed by atoms with Gasteiger partial charge in [-0.1, -0.05) is 19.1 Å². The number of amides is 3. The summed E-state index contributed by atoms with van der Waals surface area (Å²) >= 11 is 1.62. The quantitative estimate of drug-likeness (QED) is 0.716. The van der Waals surface area contributed by atoms with Gasteiger partial charge in [0.1, 0.15) is 6.61 Å². The summed E-state index contributed by atoms with van der Waals surface area (Å²) in [5, 5.41) is 10.4. The van der Waals surface area contributed by atoms with Gasteiger partial charge in [-0.3, -0.25) is 4.79 Å². The van der Waals surface area contributed by atoms with Crippen molar-refractivity contribution in [2.24, 2.45) is 0 Å². The first-order chi connectivity index (χ1) is 11.6. The number of nitrogens with one attached hydrogen (secondary N) is 3. The maximum atomic E-state index is 12.2. The van der Waals surface area contributed by atoms with E-state index in [0.29, 0.717) is 11.4 Å². The molecule has 128 valence electrons. The molecule has 1 aromatic heterocycles. The summed E-state index contributed by atoms with van der Waals surface area (Å²) in [6, 6.07) is 10.6. The molecule has 6 nitrogen and oxygen atoms in total. The molecule has 0 saturated carbocycles. The number of hydrogen-bond donors (Lipinski definition) is 3. The number of methoxy groups -OCH3 is 1. The fourth-order valence-electron chi connectivity index (χ4n) is 2.19. The van der Waals surface area contributed by atoms with Gasteiger partial charge >= 0.3 is 6.03 Å². The highest BCUT2D eigenvalue weighted by atomic mass is 32.1. The van der Waals surface area contributed by atoms with E-state index in [0.717, 1.165) is 11.3 Å². The molecular formula is C17H21N3O3S. The van der Waals surface area contributed by atoms with Crippen LogP contribution in [-0.2, 0) is 9.53 Å². The highest BCUT2D eigenvalue weighted by molar-refractivity contribution is 7.10. The lowest BCUT2D eigenvalue weighted by molar-refractivity contribution is -0.119. The molecule has 1 unspecified atom stereocenters. The summed E-state index contributed by atoms with van der Waals surface area (Å²) in [6.07, 6.45) is 0.807. The minimum absolute atomic E-state index is 0.0167. The van der Waals surface area contributed by atoms with E-state index >= 15 is 0 Å². The van der Waals surface area contributed by atoms with E-state index in [1.807, 2.05) is 24.4 Å². The van der Waals surface area contributed by atoms with Gasteiger partial charge in [0, 0.05) is 23.4 Å². The molecule has 24 heavy (non-hydrogen) atoms. The van der Waals surface area contributed by atoms with Crippen LogP contribution in [-0.4, -0.2) is 25.7 Å². The van der Waals surface area contributed by atoms with E-state index < -0.39 is 0 Å². The smallest absolute Gasteiger partial charge is 0.319 e. The number of urea groups is 1. The molecule has 0 spiro atoms. The van der Waals surface area contributed by atoms with Crippen LogP contribution in [0.4, 0.5) is 16.2 Å². The normalized spacial score (nSPS) is 11.6. The van der Waals surface area contributed by atoms with E-state index in [2.05, 4.69) is 16.0 Å². The summed E-state index contributed by atoms with van der Waals surface area (Å²) in [5.74, 6) is -0.247. The summed E-state index contributed by atoms with van der Waals surface area (Å²) in [6.45, 7) is 2.01. The van der Waals surface area contributed by atoms with E-state index in [-0.39, 0.29) is 24.6 Å². The predicted molar refractivity (Wildman–Crippen MR) is 96.5 cm³/mol. The van der Waals surface area contributed by atoms with Crippen molar-refractivity contribution in [1.82, 2.24) is 5.32 Å². The maximum absolute atomic E-state index is 12.2. The van der Waals surface area contributed by atoms with Gasteiger partial charge < -0.3 is 20.7 Å². The van der Waals surface area contributed by atoms with Crippen molar-refractivity contribution in [2.75, 3.05) is 24.4 Å². The Labute approximate surface area is 145 Å². The third kappa shape index (κ3) is 5.36. The zero-order valence-corrected chi connectivity index (χ0v) is 14.5. The second-order valence-electron chi connectivity index (χ2n) is 5.14. The Morgan fingerprint density at radius 2 is 1.92 bits per heavy atom. The molecule has 0 aliphatic heterocycles. The predicted octanol–water partition coefficient (Wildman–Crippen LogP) is 3.61. The summed E-state index contributed by atoms with van der Waals surface area (Å²) < 4.78 is 4.77. The highest BCUT2D eigenvalue weighted by Gasteiger charge is 2.13. The van der Waals surface area contributed by atoms with Gasteiger partial charge in [-0.15, -0.1) is 11.3 Å². The number of ether oxygens (including phenoxy) is 1. The van der Waals surface area contributed by atoms with Gasteiger partial charge in [0.05, 0.1) is 6.04 Å². The third-order valence-electron chi connectivity index (χ3n) is 3.28. The topological polar surface area (TPSA) is 79.5 Å². The zero-order chi connectivity index (χ0) is 17.4. The first-order valence-corrected chi connectivity index (χ1v) is 8.50. The van der Waals surface area contributed by atoms with E-state index in [1.54, 1.807) is 35.6 Å². The van der Waals surface area contributed by atoms with Crippen LogP contribution in [0.3, 0.4) is 0 Å². The minimum atomic E-state index is -0.282. The number of benzene rings is 1. The van der Waals surface area contributed by atoms with Gasteiger partial charge in [-0.2, -0.15) is 0 Å². The molecule has 1 aromatic carbocycles. The number of carbonyl (C=O) groups is 2. The molecule has 2 aromatic rings. The average Bonchev–Trinajstić information content (AvgIpc) is 3.07. The van der Waals surface area contributed by atoms with Gasteiger partial charge in [0.2, 0.25) is 5.91 Å². The van der Waals surface area contributed by atoms with Crippen LogP contribution in [0.1, 0.15) is 24.3 Å². The number of rotatable bonds is 7. The number of hydrogen-bond acceptors (Lipinski definition) is 4. The van der Waals surface area contributed by atoms with Gasteiger partial charge in [-0.25, -0.2) is 4.79 Å². The molecule has 0 aliphatic carbocycles. The first-order valence-electron chi connectivity index (χ1n) is 7.62. The minimum Gasteiger partial charge on any atom is -0.375 e. The van der Waals surface area contributed by atoms with E-state index in [1.165, 1.54) is 7.11 Å².